The number of rotatable bonds is 3. The van der Waals surface area contributed by atoms with Gasteiger partial charge < -0.3 is 15.3 Å². The van der Waals surface area contributed by atoms with E-state index in [2.05, 4.69) is 19.2 Å². The molecule has 0 saturated heterocycles. The van der Waals surface area contributed by atoms with Crippen LogP contribution in [0.3, 0.4) is 0 Å². The predicted molar refractivity (Wildman–Crippen MR) is 81.0 cm³/mol. The van der Waals surface area contributed by atoms with Crippen molar-refractivity contribution in [3.05, 3.63) is 29.3 Å². The molecule has 0 aliphatic heterocycles. The molecule has 0 spiro atoms. The van der Waals surface area contributed by atoms with Crippen molar-refractivity contribution < 1.29 is 9.90 Å². The largest absolute Gasteiger partial charge is 0.392 e. The maximum absolute atomic E-state index is 12.0. The van der Waals surface area contributed by atoms with Gasteiger partial charge in [0.05, 0.1) is 6.10 Å². The van der Waals surface area contributed by atoms with E-state index < -0.39 is 0 Å². The Morgan fingerprint density at radius 1 is 1.40 bits per heavy atom. The molecule has 2 N–H and O–H groups in total. The van der Waals surface area contributed by atoms with Gasteiger partial charge in [0.25, 0.3) is 5.91 Å². The van der Waals surface area contributed by atoms with E-state index in [4.69, 9.17) is 0 Å². The molecule has 1 aromatic carbocycles. The summed E-state index contributed by atoms with van der Waals surface area (Å²) < 4.78 is 0. The number of hydrogen-bond donors (Lipinski definition) is 2. The quantitative estimate of drug-likeness (QED) is 0.890. The third kappa shape index (κ3) is 2.52. The lowest BCUT2D eigenvalue weighted by Crippen LogP contribution is -2.57. The highest BCUT2D eigenvalue weighted by Crippen LogP contribution is 2.42. The second-order valence-corrected chi connectivity index (χ2v) is 6.50. The fourth-order valence-corrected chi connectivity index (χ4v) is 2.50. The standard InChI is InChI=1S/C16H24N2O2/c1-10-6-7-11(15(20)18(4)5)8-12(10)17-13-9-14(19)16(13,2)3/h6-8,13-14,17,19H,9H2,1-5H3. The van der Waals surface area contributed by atoms with Gasteiger partial charge in [-0.3, -0.25) is 4.79 Å². The second-order valence-electron chi connectivity index (χ2n) is 6.50. The van der Waals surface area contributed by atoms with Crippen LogP contribution in [0.2, 0.25) is 0 Å². The Balaban J connectivity index is 2.20. The van der Waals surface area contributed by atoms with Gasteiger partial charge in [-0.2, -0.15) is 0 Å². The summed E-state index contributed by atoms with van der Waals surface area (Å²) in [5.41, 5.74) is 2.63. The zero-order valence-electron chi connectivity index (χ0n) is 12.9. The van der Waals surface area contributed by atoms with Crippen molar-refractivity contribution in [3.8, 4) is 0 Å². The molecule has 0 bridgehead atoms. The first-order valence-electron chi connectivity index (χ1n) is 7.00. The van der Waals surface area contributed by atoms with E-state index in [9.17, 15) is 9.90 Å². The van der Waals surface area contributed by atoms with E-state index in [1.807, 2.05) is 25.1 Å². The number of anilines is 1. The third-order valence-corrected chi connectivity index (χ3v) is 4.44. The molecule has 1 saturated carbocycles. The number of aliphatic hydroxyl groups is 1. The first kappa shape index (κ1) is 14.9. The summed E-state index contributed by atoms with van der Waals surface area (Å²) in [7, 11) is 3.50. The number of hydrogen-bond acceptors (Lipinski definition) is 3. The molecule has 1 aromatic rings. The van der Waals surface area contributed by atoms with Gasteiger partial charge in [-0.15, -0.1) is 0 Å². The molecule has 1 aliphatic rings. The first-order valence-corrected chi connectivity index (χ1v) is 7.00. The van der Waals surface area contributed by atoms with Gasteiger partial charge in [0.1, 0.15) is 0 Å². The van der Waals surface area contributed by atoms with E-state index in [0.29, 0.717) is 5.56 Å². The summed E-state index contributed by atoms with van der Waals surface area (Å²) in [5.74, 6) is 0.000884. The molecule has 2 rings (SSSR count). The highest BCUT2D eigenvalue weighted by atomic mass is 16.3. The summed E-state index contributed by atoms with van der Waals surface area (Å²) in [6, 6.07) is 5.95. The SMILES string of the molecule is Cc1ccc(C(=O)N(C)C)cc1NC1CC(O)C1(C)C. The normalized spacial score (nSPS) is 23.9. The fourth-order valence-electron chi connectivity index (χ4n) is 2.50. The molecule has 1 fully saturated rings. The van der Waals surface area contributed by atoms with Crippen molar-refractivity contribution in [2.75, 3.05) is 19.4 Å². The Bertz CT molecular complexity index is 523. The van der Waals surface area contributed by atoms with Crippen molar-refractivity contribution in [1.82, 2.24) is 4.90 Å². The van der Waals surface area contributed by atoms with Crippen molar-refractivity contribution in [2.45, 2.75) is 39.3 Å². The minimum atomic E-state index is -0.258. The van der Waals surface area contributed by atoms with Crippen molar-refractivity contribution >= 4 is 11.6 Å². The average Bonchev–Trinajstić information content (AvgIpc) is 2.39. The molecule has 2 atom stereocenters. The van der Waals surface area contributed by atoms with E-state index in [1.54, 1.807) is 19.0 Å². The summed E-state index contributed by atoms with van der Waals surface area (Å²) in [6.07, 6.45) is 0.491. The van der Waals surface area contributed by atoms with Gasteiger partial charge in [0.15, 0.2) is 0 Å². The molecular formula is C16H24N2O2. The molecule has 1 aliphatic carbocycles. The van der Waals surface area contributed by atoms with Crippen LogP contribution < -0.4 is 5.32 Å². The Morgan fingerprint density at radius 2 is 2.05 bits per heavy atom. The minimum Gasteiger partial charge on any atom is -0.392 e. The molecule has 4 nitrogen and oxygen atoms in total. The lowest BCUT2D eigenvalue weighted by Gasteiger charge is -2.50. The minimum absolute atomic E-state index is 0.000884. The summed E-state index contributed by atoms with van der Waals surface area (Å²) >= 11 is 0. The number of carbonyl (C=O) groups excluding carboxylic acids is 1. The lowest BCUT2D eigenvalue weighted by molar-refractivity contribution is -0.0510. The van der Waals surface area contributed by atoms with Gasteiger partial charge in [-0.25, -0.2) is 0 Å². The zero-order chi connectivity index (χ0) is 15.1. The number of aryl methyl sites for hydroxylation is 1. The van der Waals surface area contributed by atoms with Crippen LogP contribution in [-0.2, 0) is 0 Å². The number of nitrogens with zero attached hydrogens (tertiary/aromatic N) is 1. The van der Waals surface area contributed by atoms with E-state index in [0.717, 1.165) is 17.7 Å². The van der Waals surface area contributed by atoms with Crippen LogP contribution >= 0.6 is 0 Å². The van der Waals surface area contributed by atoms with Gasteiger partial charge in [0.2, 0.25) is 0 Å². The molecule has 0 radical (unpaired) electrons. The van der Waals surface area contributed by atoms with Crippen LogP contribution in [0, 0.1) is 12.3 Å². The third-order valence-electron chi connectivity index (χ3n) is 4.44. The van der Waals surface area contributed by atoms with Gasteiger partial charge >= 0.3 is 0 Å². The number of nitrogens with one attached hydrogen (secondary N) is 1. The molecular weight excluding hydrogens is 252 g/mol. The molecule has 2 unspecified atom stereocenters. The van der Waals surface area contributed by atoms with Crippen LogP contribution in [0.1, 0.15) is 36.2 Å². The Morgan fingerprint density at radius 3 is 2.55 bits per heavy atom. The maximum atomic E-state index is 12.0. The smallest absolute Gasteiger partial charge is 0.253 e. The van der Waals surface area contributed by atoms with E-state index in [1.165, 1.54) is 0 Å². The molecule has 4 heteroatoms. The molecule has 0 heterocycles. The van der Waals surface area contributed by atoms with Gasteiger partial charge in [-0.1, -0.05) is 19.9 Å². The van der Waals surface area contributed by atoms with Crippen LogP contribution in [0.4, 0.5) is 5.69 Å². The Labute approximate surface area is 120 Å². The van der Waals surface area contributed by atoms with Gasteiger partial charge in [0, 0.05) is 36.8 Å². The van der Waals surface area contributed by atoms with E-state index >= 15 is 0 Å². The number of amides is 1. The monoisotopic (exact) mass is 276 g/mol. The summed E-state index contributed by atoms with van der Waals surface area (Å²) in [5, 5.41) is 13.3. The number of benzene rings is 1. The Hall–Kier alpha value is -1.55. The van der Waals surface area contributed by atoms with E-state index in [-0.39, 0.29) is 23.5 Å². The highest BCUT2D eigenvalue weighted by Gasteiger charge is 2.47. The maximum Gasteiger partial charge on any atom is 0.253 e. The average molecular weight is 276 g/mol. The molecule has 1 amide bonds. The second kappa shape index (κ2) is 5.09. The fraction of sp³-hybridized carbons (Fsp3) is 0.562. The number of aliphatic hydroxyl groups excluding tert-OH is 1. The molecule has 0 aromatic heterocycles. The predicted octanol–water partition coefficient (Wildman–Crippen LogP) is 2.27. The van der Waals surface area contributed by atoms with Crippen LogP contribution in [0.25, 0.3) is 0 Å². The summed E-state index contributed by atoms with van der Waals surface area (Å²) in [6.45, 7) is 6.14. The van der Waals surface area contributed by atoms with Gasteiger partial charge in [-0.05, 0) is 31.0 Å². The zero-order valence-corrected chi connectivity index (χ0v) is 12.9. The molecule has 20 heavy (non-hydrogen) atoms. The van der Waals surface area contributed by atoms with Crippen LogP contribution in [0.15, 0.2) is 18.2 Å². The highest BCUT2D eigenvalue weighted by molar-refractivity contribution is 5.95. The molecule has 110 valence electrons. The van der Waals surface area contributed by atoms with Crippen molar-refractivity contribution in [2.24, 2.45) is 5.41 Å². The first-order chi connectivity index (χ1) is 9.23. The number of carbonyl (C=O) groups is 1. The summed E-state index contributed by atoms with van der Waals surface area (Å²) in [4.78, 5) is 13.6. The van der Waals surface area contributed by atoms with Crippen LogP contribution in [0.5, 0.6) is 0 Å². The topological polar surface area (TPSA) is 52.6 Å². The lowest BCUT2D eigenvalue weighted by atomic mass is 9.64. The van der Waals surface area contributed by atoms with Crippen molar-refractivity contribution in [3.63, 3.8) is 0 Å². The van der Waals surface area contributed by atoms with Crippen molar-refractivity contribution in [1.29, 1.82) is 0 Å². The Kier molecular flexibility index (Phi) is 3.78. The van der Waals surface area contributed by atoms with Crippen LogP contribution in [-0.4, -0.2) is 42.2 Å².